The molecule has 62 heavy (non-hydrogen) atoms. The maximum absolute atomic E-state index is 13.7. The van der Waals surface area contributed by atoms with Gasteiger partial charge in [-0.05, 0) is 94.7 Å². The molecule has 4 heterocycles. The van der Waals surface area contributed by atoms with Gasteiger partial charge in [0.2, 0.25) is 5.91 Å². The van der Waals surface area contributed by atoms with Gasteiger partial charge in [-0.2, -0.15) is 0 Å². The Hall–Kier alpha value is -5.41. The van der Waals surface area contributed by atoms with Crippen molar-refractivity contribution in [3.63, 3.8) is 0 Å². The summed E-state index contributed by atoms with van der Waals surface area (Å²) in [6, 6.07) is 12.4. The molecule has 7 rings (SSSR count). The number of nitrogens with one attached hydrogen (secondary N) is 1. The lowest BCUT2D eigenvalue weighted by atomic mass is 10.1. The number of rotatable bonds is 17. The Morgan fingerprint density at radius 1 is 0.774 bits per heavy atom. The van der Waals surface area contributed by atoms with Crippen LogP contribution in [0.3, 0.4) is 0 Å². The topological polar surface area (TPSA) is 141 Å². The number of methoxy groups -OCH3 is 2. The molecule has 15 heteroatoms. The van der Waals surface area contributed by atoms with Gasteiger partial charge in [0, 0.05) is 48.8 Å². The van der Waals surface area contributed by atoms with Crippen LogP contribution < -0.4 is 29.0 Å². The van der Waals surface area contributed by atoms with E-state index in [0.717, 1.165) is 30.4 Å². The lowest BCUT2D eigenvalue weighted by Crippen LogP contribution is -2.35. The van der Waals surface area contributed by atoms with Gasteiger partial charge < -0.3 is 38.8 Å². The number of benzene rings is 3. The van der Waals surface area contributed by atoms with E-state index in [4.69, 9.17) is 33.7 Å². The molecule has 0 unspecified atom stereocenters. The molecule has 0 aromatic heterocycles. The zero-order chi connectivity index (χ0) is 44.0. The number of nitrogens with zero attached hydrogens (tertiary/aromatic N) is 4. The van der Waals surface area contributed by atoms with Crippen LogP contribution in [0.25, 0.3) is 0 Å². The van der Waals surface area contributed by atoms with Crippen LogP contribution in [0.5, 0.6) is 28.7 Å². The molecule has 4 aliphatic rings. The first-order valence-electron chi connectivity index (χ1n) is 20.8. The molecule has 13 nitrogen and oxygen atoms in total. The van der Waals surface area contributed by atoms with E-state index in [1.165, 1.54) is 11.1 Å². The Labute approximate surface area is 371 Å². The fourth-order valence-corrected chi connectivity index (χ4v) is 10.2. The minimum atomic E-state index is -0.102. The number of hydrogen-bond donors (Lipinski definition) is 1. The van der Waals surface area contributed by atoms with E-state index in [1.54, 1.807) is 60.1 Å². The molecule has 2 atom stereocenters. The van der Waals surface area contributed by atoms with Crippen molar-refractivity contribution in [1.82, 2.24) is 15.1 Å². The average Bonchev–Trinajstić information content (AvgIpc) is 3.84. The van der Waals surface area contributed by atoms with Crippen molar-refractivity contribution in [2.75, 3.05) is 46.7 Å². The summed E-state index contributed by atoms with van der Waals surface area (Å²) in [4.78, 5) is 53.1. The number of carbonyl (C=O) groups is 3. The predicted octanol–water partition coefficient (Wildman–Crippen LogP) is 8.68. The van der Waals surface area contributed by atoms with Crippen molar-refractivity contribution in [3.8, 4) is 28.7 Å². The lowest BCUT2D eigenvalue weighted by molar-refractivity contribution is -0.121. The molecule has 3 amide bonds. The summed E-state index contributed by atoms with van der Waals surface area (Å²) in [5, 5.41) is 2.98. The van der Waals surface area contributed by atoms with E-state index in [1.807, 2.05) is 60.5 Å². The molecular formula is C47H55N5O8S2. The van der Waals surface area contributed by atoms with Crippen molar-refractivity contribution >= 4 is 63.1 Å². The molecule has 0 aliphatic carbocycles. The second-order valence-electron chi connectivity index (χ2n) is 16.2. The van der Waals surface area contributed by atoms with Crippen molar-refractivity contribution in [3.05, 3.63) is 88.0 Å². The van der Waals surface area contributed by atoms with Gasteiger partial charge in [0.15, 0.2) is 23.0 Å². The highest BCUT2D eigenvalue weighted by atomic mass is 33.1. The number of carbonyl (C=O) groups excluding carboxylic acids is 3. The number of fused-ring (bicyclic) bond motifs is 4. The van der Waals surface area contributed by atoms with E-state index in [9.17, 15) is 14.4 Å². The first-order valence-corrected chi connectivity index (χ1v) is 23.4. The van der Waals surface area contributed by atoms with Crippen LogP contribution in [0.2, 0.25) is 0 Å². The number of aliphatic imine (C=N–C) groups is 2. The molecular weight excluding hydrogens is 827 g/mol. The third-order valence-electron chi connectivity index (χ3n) is 11.4. The maximum atomic E-state index is 13.7. The highest BCUT2D eigenvalue weighted by Crippen LogP contribution is 2.41. The average molecular weight is 882 g/mol. The second kappa shape index (κ2) is 19.7. The van der Waals surface area contributed by atoms with Gasteiger partial charge in [-0.15, -0.1) is 0 Å². The molecule has 0 radical (unpaired) electrons. The van der Waals surface area contributed by atoms with Crippen LogP contribution in [0.4, 0.5) is 11.4 Å². The molecule has 3 aromatic carbocycles. The third kappa shape index (κ3) is 10.3. The Morgan fingerprint density at radius 3 is 1.76 bits per heavy atom. The van der Waals surface area contributed by atoms with Gasteiger partial charge in [0.05, 0.1) is 55.3 Å². The van der Waals surface area contributed by atoms with Gasteiger partial charge in [0.25, 0.3) is 11.8 Å². The highest BCUT2D eigenvalue weighted by Gasteiger charge is 2.36. The lowest BCUT2D eigenvalue weighted by Gasteiger charge is -2.21. The zero-order valence-electron chi connectivity index (χ0n) is 36.4. The summed E-state index contributed by atoms with van der Waals surface area (Å²) in [6.07, 6.45) is 12.5. The number of hydrogen-bond acceptors (Lipinski definition) is 12. The summed E-state index contributed by atoms with van der Waals surface area (Å²) in [6.45, 7) is 10.2. The summed E-state index contributed by atoms with van der Waals surface area (Å²) >= 11 is 0. The van der Waals surface area contributed by atoms with Crippen LogP contribution in [-0.2, 0) is 18.0 Å². The Balaban J connectivity index is 1.09. The molecule has 2 fully saturated rings. The molecule has 4 aliphatic heterocycles. The smallest absolute Gasteiger partial charge is 0.257 e. The maximum Gasteiger partial charge on any atom is 0.257 e. The summed E-state index contributed by atoms with van der Waals surface area (Å²) in [5.74, 6) is 2.05. The second-order valence-corrected chi connectivity index (χ2v) is 19.3. The van der Waals surface area contributed by atoms with Crippen molar-refractivity contribution in [2.24, 2.45) is 9.98 Å². The van der Waals surface area contributed by atoms with E-state index in [0.29, 0.717) is 77.3 Å². The molecule has 0 spiro atoms. The number of amides is 3. The normalized spacial score (nSPS) is 19.1. The van der Waals surface area contributed by atoms with E-state index in [2.05, 4.69) is 31.3 Å². The van der Waals surface area contributed by atoms with Gasteiger partial charge in [-0.25, -0.2) is 0 Å². The van der Waals surface area contributed by atoms with Gasteiger partial charge in [0.1, 0.15) is 25.6 Å². The monoisotopic (exact) mass is 881 g/mol. The van der Waals surface area contributed by atoms with E-state index < -0.39 is 0 Å². The van der Waals surface area contributed by atoms with Crippen molar-refractivity contribution in [1.29, 1.82) is 0 Å². The predicted molar refractivity (Wildman–Crippen MR) is 247 cm³/mol. The zero-order valence-corrected chi connectivity index (χ0v) is 38.1. The largest absolute Gasteiger partial charge is 0.493 e. The first kappa shape index (κ1) is 44.6. The molecule has 2 saturated heterocycles. The molecule has 0 bridgehead atoms. The SMILES string of the molecule is CC=C1C[C@H]2C=Nc3cc(OCc4cc(COc5cc6c(cc5OC)C(=O)N5CC(=CC)C[C@H]5C=N6)cc(OCCNC(=O)CCC(C)(C)SSC)c4)c(OC)cc3C(=O)N2C1. The van der Waals surface area contributed by atoms with Gasteiger partial charge in [-0.1, -0.05) is 44.9 Å². The standard InChI is InChI=1S/C47H55N5O8S2/c1-8-29-15-33-23-49-38-21-42(40(56-5)19-36(38)45(54)51(33)25-29)59-27-31-14-32(18-35(17-31)58-13-12-48-44(53)10-11-47(3,4)62-61-7)28-60-43-22-39-37(20-41(43)57-6)46(55)52-26-30(9-2)16-34(52)24-50-39/h8-9,14,17-24,33-34H,10-13,15-16,25-28H2,1-7H3,(H,48,53)/t33-,34-/m0/s1. The third-order valence-corrected chi connectivity index (χ3v) is 14.1. The highest BCUT2D eigenvalue weighted by molar-refractivity contribution is 8.76. The molecule has 1 N–H and O–H groups in total. The molecule has 328 valence electrons. The summed E-state index contributed by atoms with van der Waals surface area (Å²) in [7, 11) is 6.56. The Bertz CT molecular complexity index is 2190. The van der Waals surface area contributed by atoms with Crippen molar-refractivity contribution in [2.45, 2.75) is 83.4 Å². The minimum Gasteiger partial charge on any atom is -0.493 e. The molecule has 0 saturated carbocycles. The summed E-state index contributed by atoms with van der Waals surface area (Å²) < 4.78 is 30.4. The van der Waals surface area contributed by atoms with Crippen LogP contribution in [0.1, 0.15) is 85.2 Å². The van der Waals surface area contributed by atoms with Crippen molar-refractivity contribution < 1.29 is 38.1 Å². The van der Waals surface area contributed by atoms with Gasteiger partial charge in [-0.3, -0.25) is 24.4 Å². The fraction of sp³-hybridized carbons (Fsp3) is 0.426. The van der Waals surface area contributed by atoms with Crippen LogP contribution in [-0.4, -0.2) is 103 Å². The number of ether oxygens (including phenoxy) is 5. The van der Waals surface area contributed by atoms with E-state index >= 15 is 0 Å². The van der Waals surface area contributed by atoms with Gasteiger partial charge >= 0.3 is 0 Å². The van der Waals surface area contributed by atoms with Crippen LogP contribution >= 0.6 is 21.6 Å². The van der Waals surface area contributed by atoms with E-state index in [-0.39, 0.29) is 54.4 Å². The summed E-state index contributed by atoms with van der Waals surface area (Å²) in [5.41, 5.74) is 5.93. The molecule has 3 aromatic rings. The fourth-order valence-electron chi connectivity index (χ4n) is 7.96. The quantitative estimate of drug-likeness (QED) is 0.0796. The Morgan fingerprint density at radius 2 is 1.29 bits per heavy atom. The first-order chi connectivity index (χ1) is 29.9. The van der Waals surface area contributed by atoms with Crippen LogP contribution in [0, 0.1) is 0 Å². The minimum absolute atomic E-state index is 0.00388. The van der Waals surface area contributed by atoms with Crippen LogP contribution in [0.15, 0.2) is 75.7 Å². The number of allylic oxidation sites excluding steroid dienone is 2. The Kier molecular flexibility index (Phi) is 14.2.